The molecule has 4 saturated heterocycles. The number of hydrogen-bond donors (Lipinski definition) is 16. The SMILES string of the molecule is CCCCCCCCCCCCCCCCO[C@H]([C@@H](OCCCCCCCCCCCCCCCC)[C@H](CO[C@@H]1OC(CO)[C@@H](O)[C@H](O)C1O)O[C@@H]1OC(CO)[C@@H](O)[C@H](O)C1O)[C@H](CO[C@@H]1OC(CO)[C@@H](O)[C@H](O)C1O)O[C@@H]1OC(CO)[C@@H](O)[C@H](O)C1O. The molecule has 0 aliphatic carbocycles. The van der Waals surface area contributed by atoms with Crippen LogP contribution in [0.15, 0.2) is 0 Å². The van der Waals surface area contributed by atoms with Gasteiger partial charge in [0.25, 0.3) is 0 Å². The minimum absolute atomic E-state index is 0.0592. The maximum Gasteiger partial charge on any atom is 0.187 e. The van der Waals surface area contributed by atoms with E-state index in [0.717, 1.165) is 64.2 Å². The highest BCUT2D eigenvalue weighted by Crippen LogP contribution is 2.33. The lowest BCUT2D eigenvalue weighted by Gasteiger charge is -2.46. The van der Waals surface area contributed by atoms with Crippen LogP contribution in [0.25, 0.3) is 0 Å². The Labute approximate surface area is 521 Å². The summed E-state index contributed by atoms with van der Waals surface area (Å²) in [5.41, 5.74) is 0. The summed E-state index contributed by atoms with van der Waals surface area (Å²) in [5, 5.41) is 173. The van der Waals surface area contributed by atoms with Crippen LogP contribution in [0.2, 0.25) is 0 Å². The van der Waals surface area contributed by atoms with E-state index in [4.69, 9.17) is 47.4 Å². The van der Waals surface area contributed by atoms with Gasteiger partial charge < -0.3 is 129 Å². The molecule has 16 N–H and O–H groups in total. The zero-order valence-electron chi connectivity index (χ0n) is 52.6. The Hall–Kier alpha value is -1.04. The number of hydrogen-bond acceptors (Lipinski definition) is 26. The van der Waals surface area contributed by atoms with Gasteiger partial charge in [-0.15, -0.1) is 0 Å². The van der Waals surface area contributed by atoms with E-state index < -0.39 is 187 Å². The second kappa shape index (κ2) is 45.4. The Morgan fingerprint density at radius 2 is 0.489 bits per heavy atom. The first-order chi connectivity index (χ1) is 42.5. The zero-order valence-corrected chi connectivity index (χ0v) is 52.6. The highest BCUT2D eigenvalue weighted by Gasteiger charge is 2.52. The van der Waals surface area contributed by atoms with Crippen molar-refractivity contribution in [2.24, 2.45) is 0 Å². The molecule has 24 atom stereocenters. The summed E-state index contributed by atoms with van der Waals surface area (Å²) in [7, 11) is 0. The standard InChI is InChI=1S/C62H118O26/c1-3-5-7-9-11-13-15-17-19-21-23-25-27-29-31-79-57(43(87-61-55(77)51(73)47(69)41(35-65)85-61)37-81-59-53(75)49(71)45(67)39(33-63)83-59)58(80-32-30-28-26-24-22-20-18-16-14-12-10-8-6-4-2)44(88-62-56(78)52(74)48(70)42(36-66)86-62)38-82-60-54(76)50(72)46(68)40(34-64)84-60/h39-78H,3-38H2,1-2H3/t39?,40?,41?,42?,43-,44-,45+,46+,47+,48+,49-,50-,51-,52-,53?,54?,55?,56?,57-,58-,59+,60+,61-,62-/m0/s1. The van der Waals surface area contributed by atoms with Gasteiger partial charge in [0.2, 0.25) is 0 Å². The van der Waals surface area contributed by atoms with Gasteiger partial charge in [-0.1, -0.05) is 181 Å². The molecule has 0 radical (unpaired) electrons. The van der Waals surface area contributed by atoms with Crippen molar-refractivity contribution in [3.63, 3.8) is 0 Å². The van der Waals surface area contributed by atoms with Gasteiger partial charge in [0.1, 0.15) is 122 Å². The quantitative estimate of drug-likeness (QED) is 0.0373. The van der Waals surface area contributed by atoms with Gasteiger partial charge in [-0.2, -0.15) is 0 Å². The Kier molecular flexibility index (Phi) is 40.9. The summed E-state index contributed by atoms with van der Waals surface area (Å²) < 4.78 is 62.0. The first-order valence-electron chi connectivity index (χ1n) is 33.5. The molecular weight excluding hydrogens is 1160 g/mol. The molecule has 0 aromatic rings. The first kappa shape index (κ1) is 79.4. The molecule has 0 amide bonds. The topological polar surface area (TPSA) is 416 Å². The number of rotatable bonds is 49. The second-order valence-corrected chi connectivity index (χ2v) is 24.7. The Morgan fingerprint density at radius 1 is 0.273 bits per heavy atom. The van der Waals surface area contributed by atoms with Crippen LogP contribution in [-0.2, 0) is 47.4 Å². The molecule has 0 aromatic carbocycles. The smallest absolute Gasteiger partial charge is 0.187 e. The number of ether oxygens (including phenoxy) is 10. The molecule has 4 aliphatic heterocycles. The summed E-state index contributed by atoms with van der Waals surface area (Å²) in [6.45, 7) is -0.613. The largest absolute Gasteiger partial charge is 0.394 e. The van der Waals surface area contributed by atoms with Crippen LogP contribution in [0, 0.1) is 0 Å². The molecule has 4 aliphatic rings. The highest BCUT2D eigenvalue weighted by molar-refractivity contribution is 4.96. The number of unbranched alkanes of at least 4 members (excludes halogenated alkanes) is 26. The lowest BCUT2D eigenvalue weighted by molar-refractivity contribution is -0.351. The van der Waals surface area contributed by atoms with E-state index in [2.05, 4.69) is 13.8 Å². The van der Waals surface area contributed by atoms with Crippen molar-refractivity contribution in [1.29, 1.82) is 0 Å². The van der Waals surface area contributed by atoms with Crippen LogP contribution < -0.4 is 0 Å². The summed E-state index contributed by atoms with van der Waals surface area (Å²) in [4.78, 5) is 0. The fraction of sp³-hybridized carbons (Fsp3) is 1.00. The van der Waals surface area contributed by atoms with Crippen LogP contribution in [0.3, 0.4) is 0 Å². The van der Waals surface area contributed by atoms with Crippen LogP contribution in [-0.4, -0.2) is 282 Å². The summed E-state index contributed by atoms with van der Waals surface area (Å²) in [5.74, 6) is 0. The fourth-order valence-corrected chi connectivity index (χ4v) is 11.8. The summed E-state index contributed by atoms with van der Waals surface area (Å²) in [6, 6.07) is 0. The van der Waals surface area contributed by atoms with Crippen molar-refractivity contribution in [2.75, 3.05) is 52.9 Å². The van der Waals surface area contributed by atoms with Crippen molar-refractivity contribution in [3.05, 3.63) is 0 Å². The van der Waals surface area contributed by atoms with Crippen molar-refractivity contribution in [2.45, 2.75) is 341 Å². The minimum atomic E-state index is -2.02. The second-order valence-electron chi connectivity index (χ2n) is 24.7. The molecule has 26 nitrogen and oxygen atoms in total. The normalized spacial score (nSPS) is 34.4. The van der Waals surface area contributed by atoms with Crippen LogP contribution in [0.1, 0.15) is 194 Å². The van der Waals surface area contributed by atoms with Gasteiger partial charge in [0, 0.05) is 13.2 Å². The molecule has 0 spiro atoms. The lowest BCUT2D eigenvalue weighted by atomic mass is 9.97. The van der Waals surface area contributed by atoms with Gasteiger partial charge in [-0.3, -0.25) is 0 Å². The molecule has 0 aromatic heterocycles. The third-order valence-corrected chi connectivity index (χ3v) is 17.5. The maximum absolute atomic E-state index is 11.5. The average Bonchev–Trinajstić information content (AvgIpc) is 3.66. The highest BCUT2D eigenvalue weighted by atomic mass is 16.8. The van der Waals surface area contributed by atoms with E-state index in [-0.39, 0.29) is 13.2 Å². The Balaban J connectivity index is 1.75. The third kappa shape index (κ3) is 26.3. The summed E-state index contributed by atoms with van der Waals surface area (Å²) in [6.07, 6.45) is -13.0. The monoisotopic (exact) mass is 1280 g/mol. The number of aliphatic hydroxyl groups is 16. The molecule has 0 saturated carbocycles. The molecule has 4 rings (SSSR count). The first-order valence-corrected chi connectivity index (χ1v) is 33.5. The van der Waals surface area contributed by atoms with Gasteiger partial charge in [0.05, 0.1) is 39.6 Å². The minimum Gasteiger partial charge on any atom is -0.394 e. The molecular formula is C62H118O26. The van der Waals surface area contributed by atoms with E-state index >= 15 is 0 Å². The molecule has 8 unspecified atom stereocenters. The lowest BCUT2D eigenvalue weighted by Crippen LogP contribution is -2.63. The number of aliphatic hydroxyl groups excluding tert-OH is 16. The van der Waals surface area contributed by atoms with Gasteiger partial charge in [-0.25, -0.2) is 0 Å². The molecule has 0 bridgehead atoms. The van der Waals surface area contributed by atoms with Gasteiger partial charge >= 0.3 is 0 Å². The maximum atomic E-state index is 11.5. The Morgan fingerprint density at radius 3 is 0.727 bits per heavy atom. The molecule has 4 heterocycles. The van der Waals surface area contributed by atoms with E-state index in [1.54, 1.807) is 0 Å². The summed E-state index contributed by atoms with van der Waals surface area (Å²) >= 11 is 0. The fourth-order valence-electron chi connectivity index (χ4n) is 11.8. The van der Waals surface area contributed by atoms with Crippen molar-refractivity contribution in [1.82, 2.24) is 0 Å². The predicted molar refractivity (Wildman–Crippen MR) is 317 cm³/mol. The van der Waals surface area contributed by atoms with Crippen molar-refractivity contribution < 1.29 is 129 Å². The van der Waals surface area contributed by atoms with E-state index in [1.165, 1.54) is 89.9 Å². The van der Waals surface area contributed by atoms with E-state index in [1.807, 2.05) is 0 Å². The molecule has 4 fully saturated rings. The van der Waals surface area contributed by atoms with Crippen LogP contribution in [0.4, 0.5) is 0 Å². The van der Waals surface area contributed by atoms with Crippen molar-refractivity contribution >= 4 is 0 Å². The van der Waals surface area contributed by atoms with Crippen LogP contribution >= 0.6 is 0 Å². The Bertz CT molecular complexity index is 1580. The predicted octanol–water partition coefficient (Wildman–Crippen LogP) is 0.723. The van der Waals surface area contributed by atoms with Gasteiger partial charge in [-0.05, 0) is 12.8 Å². The average molecular weight is 1280 g/mol. The third-order valence-electron chi connectivity index (χ3n) is 17.5. The van der Waals surface area contributed by atoms with Crippen molar-refractivity contribution in [3.8, 4) is 0 Å². The molecule has 88 heavy (non-hydrogen) atoms. The van der Waals surface area contributed by atoms with Crippen LogP contribution in [0.5, 0.6) is 0 Å². The zero-order chi connectivity index (χ0) is 64.4. The molecule has 522 valence electrons. The van der Waals surface area contributed by atoms with E-state index in [0.29, 0.717) is 25.7 Å². The van der Waals surface area contributed by atoms with Gasteiger partial charge in [0.15, 0.2) is 25.2 Å². The molecule has 26 heteroatoms. The van der Waals surface area contributed by atoms with E-state index in [9.17, 15) is 81.7 Å².